The van der Waals surface area contributed by atoms with Crippen molar-refractivity contribution in [1.29, 1.82) is 0 Å². The number of nitrogens with zero attached hydrogens (tertiary/aromatic N) is 1. The Kier molecular flexibility index (Phi) is 8.71. The van der Waals surface area contributed by atoms with E-state index in [1.807, 2.05) is 23.1 Å². The van der Waals surface area contributed by atoms with Crippen molar-refractivity contribution in [2.45, 2.75) is 36.0 Å². The van der Waals surface area contributed by atoms with Crippen molar-refractivity contribution in [3.8, 4) is 27.9 Å². The molecule has 0 radical (unpaired) electrons. The molecule has 286 valence electrons. The van der Waals surface area contributed by atoms with Gasteiger partial charge in [0.25, 0.3) is 0 Å². The predicted octanol–water partition coefficient (Wildman–Crippen LogP) is 16.3. The summed E-state index contributed by atoms with van der Waals surface area (Å²) in [5.41, 5.74) is 14.5. The number of fused-ring (bicyclic) bond motifs is 9. The Hall–Kier alpha value is -6.39. The molecule has 60 heavy (non-hydrogen) atoms. The lowest BCUT2D eigenvalue weighted by Gasteiger charge is -2.27. The van der Waals surface area contributed by atoms with Crippen LogP contribution in [0, 0.1) is 0 Å². The molecule has 2 atom stereocenters. The van der Waals surface area contributed by atoms with Crippen LogP contribution in [0.2, 0.25) is 0 Å². The smallest absolute Gasteiger partial charge is 0.0541 e. The molecule has 0 saturated carbocycles. The van der Waals surface area contributed by atoms with E-state index in [0.29, 0.717) is 11.8 Å². The highest BCUT2D eigenvalue weighted by Crippen LogP contribution is 2.54. The summed E-state index contributed by atoms with van der Waals surface area (Å²) in [6.45, 7) is 0. The molecule has 1 nitrogen and oxygen atoms in total. The van der Waals surface area contributed by atoms with Crippen molar-refractivity contribution >= 4 is 65.1 Å². The summed E-state index contributed by atoms with van der Waals surface area (Å²) >= 11 is 3.83. The van der Waals surface area contributed by atoms with Crippen LogP contribution in [0.4, 0.5) is 0 Å². The molecule has 1 aliphatic carbocycles. The summed E-state index contributed by atoms with van der Waals surface area (Å²) in [6, 6.07) is 70.1. The van der Waals surface area contributed by atoms with E-state index in [2.05, 4.69) is 205 Å². The molecule has 0 N–H and O–H groups in total. The van der Waals surface area contributed by atoms with Crippen LogP contribution in [0.25, 0.3) is 69.9 Å². The van der Waals surface area contributed by atoms with E-state index in [1.165, 1.54) is 96.4 Å². The van der Waals surface area contributed by atoms with Gasteiger partial charge in [-0.1, -0.05) is 163 Å². The molecule has 0 saturated heterocycles. The molecule has 0 bridgehead atoms. The third kappa shape index (κ3) is 6.15. The van der Waals surface area contributed by atoms with Gasteiger partial charge in [0.15, 0.2) is 0 Å². The standard InChI is InChI=1S/C57H41NS2/c1-2-13-38(14-3-1)45(43-26-30-56-50(35-43)47-19-5-8-22-54(47)59-56)28-24-37-12-10-15-39(32-37)40-16-11-17-41(33-40)42-25-29-53-49(34-42)46-18-4-7-21-52(46)58(53)44-27-31-57-51(36-44)48-20-6-9-23-55(48)60-57/h1-23,25-27,29-34,36,45,50H,24,28,35H2/t45?,50-/m1/s1. The van der Waals surface area contributed by atoms with Gasteiger partial charge in [-0.25, -0.2) is 0 Å². The molecule has 1 aliphatic heterocycles. The van der Waals surface area contributed by atoms with Crippen molar-refractivity contribution in [3.63, 3.8) is 0 Å². The average Bonchev–Trinajstić information content (AvgIpc) is 3.98. The normalized spacial score (nSPS) is 15.3. The van der Waals surface area contributed by atoms with E-state index in [4.69, 9.17) is 0 Å². The van der Waals surface area contributed by atoms with Crippen LogP contribution in [-0.4, -0.2) is 4.57 Å². The molecule has 3 heterocycles. The molecule has 8 aromatic carbocycles. The van der Waals surface area contributed by atoms with Crippen molar-refractivity contribution in [3.05, 3.63) is 227 Å². The maximum atomic E-state index is 2.44. The van der Waals surface area contributed by atoms with Gasteiger partial charge in [0.2, 0.25) is 0 Å². The first-order valence-electron chi connectivity index (χ1n) is 21.1. The average molecular weight is 804 g/mol. The fourth-order valence-corrected chi connectivity index (χ4v) is 12.3. The molecule has 2 aliphatic rings. The van der Waals surface area contributed by atoms with Gasteiger partial charge < -0.3 is 4.57 Å². The Balaban J connectivity index is 0.844. The van der Waals surface area contributed by atoms with Crippen LogP contribution in [0.3, 0.4) is 0 Å². The van der Waals surface area contributed by atoms with Crippen molar-refractivity contribution in [1.82, 2.24) is 4.57 Å². The molecule has 2 aromatic heterocycles. The van der Waals surface area contributed by atoms with Gasteiger partial charge in [-0.15, -0.1) is 11.3 Å². The second-order valence-corrected chi connectivity index (χ2v) is 18.6. The lowest BCUT2D eigenvalue weighted by atomic mass is 9.78. The summed E-state index contributed by atoms with van der Waals surface area (Å²) in [6.07, 6.45) is 8.03. The number of benzene rings is 8. The summed E-state index contributed by atoms with van der Waals surface area (Å²) in [7, 11) is 0. The van der Waals surface area contributed by atoms with Crippen molar-refractivity contribution < 1.29 is 0 Å². The second kappa shape index (κ2) is 14.7. The van der Waals surface area contributed by atoms with Gasteiger partial charge in [-0.3, -0.25) is 0 Å². The van der Waals surface area contributed by atoms with Crippen LogP contribution < -0.4 is 0 Å². The van der Waals surface area contributed by atoms with Gasteiger partial charge in [0.1, 0.15) is 0 Å². The Morgan fingerprint density at radius 2 is 1.23 bits per heavy atom. The number of hydrogen-bond acceptors (Lipinski definition) is 2. The first-order chi connectivity index (χ1) is 29.7. The summed E-state index contributed by atoms with van der Waals surface area (Å²) in [5.74, 6) is 0.864. The number of allylic oxidation sites excluding steroid dienone is 4. The summed E-state index contributed by atoms with van der Waals surface area (Å²) in [4.78, 5) is 2.92. The first kappa shape index (κ1) is 35.5. The van der Waals surface area contributed by atoms with Crippen LogP contribution in [-0.2, 0) is 6.42 Å². The second-order valence-electron chi connectivity index (χ2n) is 16.4. The summed E-state index contributed by atoms with van der Waals surface area (Å²) < 4.78 is 5.10. The zero-order chi connectivity index (χ0) is 39.6. The highest BCUT2D eigenvalue weighted by molar-refractivity contribution is 8.03. The van der Waals surface area contributed by atoms with Gasteiger partial charge >= 0.3 is 0 Å². The molecular weight excluding hydrogens is 763 g/mol. The van der Waals surface area contributed by atoms with Crippen LogP contribution in [0.5, 0.6) is 0 Å². The van der Waals surface area contributed by atoms with E-state index in [-0.39, 0.29) is 0 Å². The first-order valence-corrected chi connectivity index (χ1v) is 22.7. The molecule has 1 unspecified atom stereocenters. The van der Waals surface area contributed by atoms with E-state index in [0.717, 1.165) is 19.3 Å². The Morgan fingerprint density at radius 1 is 0.517 bits per heavy atom. The zero-order valence-electron chi connectivity index (χ0n) is 33.1. The van der Waals surface area contributed by atoms with E-state index in [1.54, 1.807) is 5.57 Å². The van der Waals surface area contributed by atoms with Crippen molar-refractivity contribution in [2.24, 2.45) is 0 Å². The fourth-order valence-electron chi connectivity index (χ4n) is 9.96. The number of rotatable bonds is 8. The summed E-state index contributed by atoms with van der Waals surface area (Å²) in [5, 5.41) is 5.19. The van der Waals surface area contributed by atoms with Crippen LogP contribution in [0.15, 0.2) is 216 Å². The molecule has 3 heteroatoms. The van der Waals surface area contributed by atoms with Crippen LogP contribution in [0.1, 0.15) is 41.4 Å². The Morgan fingerprint density at radius 3 is 2.13 bits per heavy atom. The molecule has 12 rings (SSSR count). The third-order valence-corrected chi connectivity index (χ3v) is 15.3. The maximum Gasteiger partial charge on any atom is 0.0541 e. The minimum absolute atomic E-state index is 0.382. The lowest BCUT2D eigenvalue weighted by molar-refractivity contribution is 0.645. The minimum atomic E-state index is 0.382. The monoisotopic (exact) mass is 803 g/mol. The van der Waals surface area contributed by atoms with Crippen molar-refractivity contribution in [2.75, 3.05) is 0 Å². The topological polar surface area (TPSA) is 4.93 Å². The minimum Gasteiger partial charge on any atom is -0.309 e. The number of aryl methyl sites for hydroxylation is 1. The Bertz CT molecular complexity index is 3340. The molecular formula is C57H41NS2. The highest BCUT2D eigenvalue weighted by Gasteiger charge is 2.32. The van der Waals surface area contributed by atoms with E-state index in [9.17, 15) is 0 Å². The predicted molar refractivity (Wildman–Crippen MR) is 258 cm³/mol. The quantitative estimate of drug-likeness (QED) is 0.148. The molecule has 0 fully saturated rings. The number of hydrogen-bond donors (Lipinski definition) is 0. The van der Waals surface area contributed by atoms with E-state index < -0.39 is 0 Å². The lowest BCUT2D eigenvalue weighted by Crippen LogP contribution is -2.11. The van der Waals surface area contributed by atoms with Gasteiger partial charge in [0.05, 0.1) is 11.0 Å². The van der Waals surface area contributed by atoms with Crippen LogP contribution >= 0.6 is 23.1 Å². The molecule has 10 aromatic rings. The number of thioether (sulfide) groups is 1. The molecule has 0 spiro atoms. The zero-order valence-corrected chi connectivity index (χ0v) is 34.7. The number of aromatic nitrogens is 1. The number of thiophene rings is 1. The molecule has 0 amide bonds. The van der Waals surface area contributed by atoms with Gasteiger partial charge in [-0.05, 0) is 118 Å². The Labute approximate surface area is 359 Å². The fraction of sp³-hybridized carbons (Fsp3) is 0.0877. The highest BCUT2D eigenvalue weighted by atomic mass is 32.2. The number of para-hydroxylation sites is 1. The maximum absolute atomic E-state index is 2.44. The van der Waals surface area contributed by atoms with Gasteiger partial charge in [0, 0.05) is 53.4 Å². The largest absolute Gasteiger partial charge is 0.309 e. The third-order valence-electron chi connectivity index (χ3n) is 12.9. The SMILES string of the molecule is C1=C(C(CCc2cccc(-c3cccc(-c4ccc5c(c4)c4ccccc4n5-c4ccc5sc6ccccc6c5c4)c3)c2)c2ccccc2)C[C@H]2C(=C1)Sc1ccccc12. The van der Waals surface area contributed by atoms with Gasteiger partial charge in [-0.2, -0.15) is 0 Å². The van der Waals surface area contributed by atoms with E-state index >= 15 is 0 Å².